The lowest BCUT2D eigenvalue weighted by atomic mass is 10.0. The van der Waals surface area contributed by atoms with Crippen LogP contribution in [0.25, 0.3) is 11.4 Å². The van der Waals surface area contributed by atoms with Gasteiger partial charge in [-0.15, -0.1) is 0 Å². The van der Waals surface area contributed by atoms with Crippen molar-refractivity contribution in [2.45, 2.75) is 32.1 Å². The molecule has 0 aliphatic carbocycles. The predicted octanol–water partition coefficient (Wildman–Crippen LogP) is 5.06. The van der Waals surface area contributed by atoms with Gasteiger partial charge in [0.05, 0.1) is 32.0 Å². The molecule has 38 heavy (non-hydrogen) atoms. The second kappa shape index (κ2) is 10.6. The van der Waals surface area contributed by atoms with Crippen molar-refractivity contribution in [1.29, 1.82) is 0 Å². The molecule has 200 valence electrons. The summed E-state index contributed by atoms with van der Waals surface area (Å²) in [5, 5.41) is 9.59. The van der Waals surface area contributed by atoms with E-state index in [1.807, 2.05) is 0 Å². The van der Waals surface area contributed by atoms with Gasteiger partial charge in [0.15, 0.2) is 11.6 Å². The SMILES string of the molecule is COc1ccc(CN(C(=O)C2CC(C(F)(F)F)CN2C(=O)O)c2ccc(C)c(-c3ncc(F)cn3)c2)cc1. The smallest absolute Gasteiger partial charge is 0.407 e. The molecule has 12 heteroatoms. The molecular formula is C26H24F4N4O4. The Morgan fingerprint density at radius 2 is 1.79 bits per heavy atom. The Morgan fingerprint density at radius 1 is 1.13 bits per heavy atom. The number of carbonyl (C=O) groups excluding carboxylic acids is 1. The van der Waals surface area contributed by atoms with E-state index in [1.54, 1.807) is 49.4 Å². The molecule has 8 nitrogen and oxygen atoms in total. The van der Waals surface area contributed by atoms with Gasteiger partial charge in [0.1, 0.15) is 11.8 Å². The Kier molecular flexibility index (Phi) is 7.51. The summed E-state index contributed by atoms with van der Waals surface area (Å²) in [7, 11) is 1.49. The molecule has 0 bridgehead atoms. The van der Waals surface area contributed by atoms with E-state index < -0.39 is 48.9 Å². The van der Waals surface area contributed by atoms with E-state index in [9.17, 15) is 32.3 Å². The van der Waals surface area contributed by atoms with Crippen molar-refractivity contribution in [2.75, 3.05) is 18.6 Å². The lowest BCUT2D eigenvalue weighted by Gasteiger charge is -2.29. The monoisotopic (exact) mass is 532 g/mol. The second-order valence-corrected chi connectivity index (χ2v) is 8.92. The lowest BCUT2D eigenvalue weighted by molar-refractivity contribution is -0.170. The maximum absolute atomic E-state index is 13.8. The molecule has 2 atom stereocenters. The molecule has 0 saturated carbocycles. The summed E-state index contributed by atoms with van der Waals surface area (Å²) in [5.41, 5.74) is 2.11. The Bertz CT molecular complexity index is 1320. The Labute approximate surface area is 215 Å². The first-order chi connectivity index (χ1) is 18.0. The highest BCUT2D eigenvalue weighted by Gasteiger charge is 2.51. The van der Waals surface area contributed by atoms with Crippen molar-refractivity contribution in [1.82, 2.24) is 14.9 Å². The van der Waals surface area contributed by atoms with E-state index in [4.69, 9.17) is 4.74 Å². The van der Waals surface area contributed by atoms with Crippen molar-refractivity contribution in [3.8, 4) is 17.1 Å². The highest BCUT2D eigenvalue weighted by molar-refractivity contribution is 5.99. The molecule has 2 aromatic carbocycles. The van der Waals surface area contributed by atoms with E-state index in [2.05, 4.69) is 9.97 Å². The minimum absolute atomic E-state index is 0.0593. The number of hydrogen-bond acceptors (Lipinski definition) is 5. The molecule has 1 aliphatic heterocycles. The van der Waals surface area contributed by atoms with Gasteiger partial charge in [0.25, 0.3) is 0 Å². The van der Waals surface area contributed by atoms with Gasteiger partial charge in [-0.3, -0.25) is 9.69 Å². The quantitative estimate of drug-likeness (QED) is 0.446. The number of anilines is 1. The van der Waals surface area contributed by atoms with Crippen LogP contribution in [0, 0.1) is 18.7 Å². The molecule has 3 aromatic rings. The molecule has 2 heterocycles. The van der Waals surface area contributed by atoms with Crippen LogP contribution in [0.15, 0.2) is 54.9 Å². The van der Waals surface area contributed by atoms with Crippen LogP contribution >= 0.6 is 0 Å². The summed E-state index contributed by atoms with van der Waals surface area (Å²) in [6.07, 6.45) is -4.96. The summed E-state index contributed by atoms with van der Waals surface area (Å²) in [5.74, 6) is -2.64. The van der Waals surface area contributed by atoms with E-state index in [0.717, 1.165) is 12.4 Å². The summed E-state index contributed by atoms with van der Waals surface area (Å²) < 4.78 is 59.0. The highest BCUT2D eigenvalue weighted by atomic mass is 19.4. The zero-order valence-electron chi connectivity index (χ0n) is 20.4. The van der Waals surface area contributed by atoms with E-state index in [0.29, 0.717) is 33.0 Å². The zero-order chi connectivity index (χ0) is 27.6. The number of aromatic nitrogens is 2. The van der Waals surface area contributed by atoms with Crippen LogP contribution < -0.4 is 9.64 Å². The van der Waals surface area contributed by atoms with Crippen LogP contribution in [0.3, 0.4) is 0 Å². The number of methoxy groups -OCH3 is 1. The molecular weight excluding hydrogens is 508 g/mol. The molecule has 1 saturated heterocycles. The number of carboxylic acid groups (broad SMARTS) is 1. The highest BCUT2D eigenvalue weighted by Crippen LogP contribution is 2.38. The number of rotatable bonds is 6. The molecule has 0 radical (unpaired) electrons. The Morgan fingerprint density at radius 3 is 2.37 bits per heavy atom. The first-order valence-corrected chi connectivity index (χ1v) is 11.6. The van der Waals surface area contributed by atoms with Crippen molar-refractivity contribution in [3.05, 3.63) is 71.8 Å². The fourth-order valence-corrected chi connectivity index (χ4v) is 4.38. The zero-order valence-corrected chi connectivity index (χ0v) is 20.4. The second-order valence-electron chi connectivity index (χ2n) is 8.92. The number of aryl methyl sites for hydroxylation is 1. The number of amides is 2. The van der Waals surface area contributed by atoms with Crippen LogP contribution in [-0.4, -0.2) is 57.8 Å². The summed E-state index contributed by atoms with van der Waals surface area (Å²) in [4.78, 5) is 35.4. The van der Waals surface area contributed by atoms with Crippen molar-refractivity contribution < 1.29 is 37.0 Å². The predicted molar refractivity (Wildman–Crippen MR) is 129 cm³/mol. The average Bonchev–Trinajstić information content (AvgIpc) is 3.35. The van der Waals surface area contributed by atoms with E-state index in [1.165, 1.54) is 12.0 Å². The van der Waals surface area contributed by atoms with E-state index >= 15 is 0 Å². The summed E-state index contributed by atoms with van der Waals surface area (Å²) >= 11 is 0. The first-order valence-electron chi connectivity index (χ1n) is 11.6. The average molecular weight is 532 g/mol. The van der Waals surface area contributed by atoms with Crippen LogP contribution in [0.2, 0.25) is 0 Å². The molecule has 1 aromatic heterocycles. The Balaban J connectivity index is 1.76. The fourth-order valence-electron chi connectivity index (χ4n) is 4.38. The maximum atomic E-state index is 13.8. The fraction of sp³-hybridized carbons (Fsp3) is 0.308. The molecule has 1 aliphatic rings. The van der Waals surface area contributed by atoms with E-state index in [-0.39, 0.29) is 12.4 Å². The first kappa shape index (κ1) is 26.8. The van der Waals surface area contributed by atoms with Crippen LogP contribution in [-0.2, 0) is 11.3 Å². The number of nitrogens with zero attached hydrogens (tertiary/aromatic N) is 4. The van der Waals surface area contributed by atoms with Crippen LogP contribution in [0.4, 0.5) is 28.0 Å². The number of hydrogen-bond donors (Lipinski definition) is 1. The standard InChI is InChI=1S/C26H24F4N4O4/c1-15-3-6-19(10-21(15)23-31-11-18(27)12-32-23)33(13-16-4-7-20(38-2)8-5-16)24(35)22-9-17(26(28,29)30)14-34(22)25(36)37/h3-8,10-12,17,22H,9,13-14H2,1-2H3,(H,36,37). The number of halogens is 4. The van der Waals surface area contributed by atoms with Gasteiger partial charge in [-0.2, -0.15) is 13.2 Å². The van der Waals surface area contributed by atoms with Gasteiger partial charge >= 0.3 is 12.3 Å². The summed E-state index contributed by atoms with van der Waals surface area (Å²) in [6, 6.07) is 10.0. The lowest BCUT2D eigenvalue weighted by Crippen LogP contribution is -2.47. The van der Waals surface area contributed by atoms with Gasteiger partial charge in [0.2, 0.25) is 5.91 Å². The third kappa shape index (κ3) is 5.68. The van der Waals surface area contributed by atoms with Crippen molar-refractivity contribution in [3.63, 3.8) is 0 Å². The largest absolute Gasteiger partial charge is 0.497 e. The van der Waals surface area contributed by atoms with Gasteiger partial charge in [-0.25, -0.2) is 19.2 Å². The number of likely N-dealkylation sites (tertiary alicyclic amines) is 1. The number of benzene rings is 2. The molecule has 2 unspecified atom stereocenters. The Hall–Kier alpha value is -4.22. The van der Waals surface area contributed by atoms with Gasteiger partial charge in [-0.05, 0) is 48.7 Å². The number of ether oxygens (including phenoxy) is 1. The van der Waals surface area contributed by atoms with Crippen LogP contribution in [0.1, 0.15) is 17.5 Å². The molecule has 1 N–H and O–H groups in total. The third-order valence-electron chi connectivity index (χ3n) is 6.45. The third-order valence-corrected chi connectivity index (χ3v) is 6.45. The van der Waals surface area contributed by atoms with Gasteiger partial charge < -0.3 is 14.7 Å². The number of alkyl halides is 3. The maximum Gasteiger partial charge on any atom is 0.407 e. The molecule has 1 fully saturated rings. The topological polar surface area (TPSA) is 95.9 Å². The minimum atomic E-state index is -4.65. The minimum Gasteiger partial charge on any atom is -0.497 e. The van der Waals surface area contributed by atoms with Crippen molar-refractivity contribution >= 4 is 17.7 Å². The van der Waals surface area contributed by atoms with Crippen molar-refractivity contribution in [2.24, 2.45) is 5.92 Å². The van der Waals surface area contributed by atoms with Gasteiger partial charge in [0, 0.05) is 17.8 Å². The molecule has 0 spiro atoms. The van der Waals surface area contributed by atoms with Gasteiger partial charge in [-0.1, -0.05) is 18.2 Å². The molecule has 2 amide bonds. The summed E-state index contributed by atoms with van der Waals surface area (Å²) in [6.45, 7) is 0.878. The normalized spacial score (nSPS) is 17.4. The molecule has 4 rings (SSSR count). The number of carbonyl (C=O) groups is 2. The van der Waals surface area contributed by atoms with Crippen LogP contribution in [0.5, 0.6) is 5.75 Å².